The summed E-state index contributed by atoms with van der Waals surface area (Å²) in [6, 6.07) is 27.7. The molecule has 0 spiro atoms. The molecule has 0 saturated heterocycles. The van der Waals surface area contributed by atoms with Gasteiger partial charge in [0.15, 0.2) is 0 Å². The van der Waals surface area contributed by atoms with Gasteiger partial charge in [-0.05, 0) is 60.1 Å². The Morgan fingerprint density at radius 1 is 0.567 bits per heavy atom. The Labute approximate surface area is 176 Å². The van der Waals surface area contributed by atoms with Gasteiger partial charge in [0.1, 0.15) is 0 Å². The first-order chi connectivity index (χ1) is 14.7. The highest BCUT2D eigenvalue weighted by atomic mass is 16.2. The summed E-state index contributed by atoms with van der Waals surface area (Å²) in [4.78, 5) is 25.0. The summed E-state index contributed by atoms with van der Waals surface area (Å²) in [7, 11) is 0. The highest BCUT2D eigenvalue weighted by molar-refractivity contribution is 5.97. The molecule has 3 aromatic rings. The van der Waals surface area contributed by atoms with E-state index in [2.05, 4.69) is 34.9 Å². The molecule has 2 aliphatic rings. The lowest BCUT2D eigenvalue weighted by Crippen LogP contribution is -2.16. The highest BCUT2D eigenvalue weighted by Gasteiger charge is 2.44. The van der Waals surface area contributed by atoms with Gasteiger partial charge in [-0.15, -0.1) is 0 Å². The van der Waals surface area contributed by atoms with E-state index >= 15 is 0 Å². The number of nitrogens with one attached hydrogen (secondary N) is 2. The molecule has 150 valence electrons. The monoisotopic (exact) mass is 396 g/mol. The van der Waals surface area contributed by atoms with Crippen molar-refractivity contribution in [2.24, 2.45) is 11.8 Å². The molecule has 2 aliphatic carbocycles. The fourth-order valence-corrected chi connectivity index (χ4v) is 4.21. The maximum atomic E-state index is 12.5. The van der Waals surface area contributed by atoms with Crippen LogP contribution in [0, 0.1) is 11.8 Å². The van der Waals surface area contributed by atoms with Crippen molar-refractivity contribution in [2.75, 3.05) is 10.6 Å². The Balaban J connectivity index is 1.13. The SMILES string of the molecule is O=C(Nc1ccc(NC(=O)[C@@H]2C[C@@H]2c2ccccc2)cc1)[C@@H]1C[C@@H]1c1ccccc1. The Kier molecular flexibility index (Phi) is 4.83. The predicted molar refractivity (Wildman–Crippen MR) is 118 cm³/mol. The molecule has 0 bridgehead atoms. The fourth-order valence-electron chi connectivity index (χ4n) is 4.21. The zero-order valence-corrected chi connectivity index (χ0v) is 16.6. The van der Waals surface area contributed by atoms with Gasteiger partial charge in [0.2, 0.25) is 11.8 Å². The minimum absolute atomic E-state index is 0.0385. The summed E-state index contributed by atoms with van der Waals surface area (Å²) in [5, 5.41) is 5.99. The second-order valence-electron chi connectivity index (χ2n) is 8.27. The molecule has 0 unspecified atom stereocenters. The van der Waals surface area contributed by atoms with Crippen molar-refractivity contribution in [3.63, 3.8) is 0 Å². The van der Waals surface area contributed by atoms with Crippen molar-refractivity contribution in [1.29, 1.82) is 0 Å². The topological polar surface area (TPSA) is 58.2 Å². The molecule has 3 aromatic carbocycles. The number of anilines is 2. The summed E-state index contributed by atoms with van der Waals surface area (Å²) in [5.41, 5.74) is 3.96. The van der Waals surface area contributed by atoms with Crippen molar-refractivity contribution in [3.05, 3.63) is 96.1 Å². The van der Waals surface area contributed by atoms with Crippen LogP contribution in [-0.2, 0) is 9.59 Å². The van der Waals surface area contributed by atoms with Gasteiger partial charge in [0, 0.05) is 23.2 Å². The van der Waals surface area contributed by atoms with E-state index in [1.807, 2.05) is 60.7 Å². The molecule has 2 saturated carbocycles. The number of amides is 2. The van der Waals surface area contributed by atoms with Crippen molar-refractivity contribution >= 4 is 23.2 Å². The van der Waals surface area contributed by atoms with Gasteiger partial charge >= 0.3 is 0 Å². The number of carbonyl (C=O) groups is 2. The summed E-state index contributed by atoms with van der Waals surface area (Å²) in [5.74, 6) is 0.837. The predicted octanol–water partition coefficient (Wildman–Crippen LogP) is 5.17. The van der Waals surface area contributed by atoms with Crippen LogP contribution in [0.1, 0.15) is 35.8 Å². The first kappa shape index (κ1) is 18.6. The molecule has 2 N–H and O–H groups in total. The lowest BCUT2D eigenvalue weighted by Gasteiger charge is -2.08. The van der Waals surface area contributed by atoms with Crippen molar-refractivity contribution < 1.29 is 9.59 Å². The van der Waals surface area contributed by atoms with E-state index in [0.717, 1.165) is 24.2 Å². The molecule has 0 aromatic heterocycles. The molecule has 5 rings (SSSR count). The first-order valence-electron chi connectivity index (χ1n) is 10.5. The molecule has 0 aliphatic heterocycles. The summed E-state index contributed by atoms with van der Waals surface area (Å²) < 4.78 is 0. The zero-order chi connectivity index (χ0) is 20.5. The zero-order valence-electron chi connectivity index (χ0n) is 16.6. The van der Waals surface area contributed by atoms with Crippen LogP contribution < -0.4 is 10.6 Å². The summed E-state index contributed by atoms with van der Waals surface area (Å²) >= 11 is 0. The summed E-state index contributed by atoms with van der Waals surface area (Å²) in [6.45, 7) is 0. The van der Waals surface area contributed by atoms with Gasteiger partial charge in [-0.3, -0.25) is 9.59 Å². The third-order valence-electron chi connectivity index (χ3n) is 6.13. The normalized spacial score (nSPS) is 24.0. The Morgan fingerprint density at radius 2 is 0.933 bits per heavy atom. The van der Waals surface area contributed by atoms with Gasteiger partial charge in [-0.2, -0.15) is 0 Å². The van der Waals surface area contributed by atoms with E-state index in [-0.39, 0.29) is 23.7 Å². The van der Waals surface area contributed by atoms with Crippen LogP contribution in [0.2, 0.25) is 0 Å². The molecule has 4 heteroatoms. The second kappa shape index (κ2) is 7.79. The van der Waals surface area contributed by atoms with E-state index in [9.17, 15) is 9.59 Å². The standard InChI is InChI=1S/C26H24N2O2/c29-25(23-15-21(23)17-7-3-1-4-8-17)27-19-11-13-20(14-12-19)28-26(30)24-16-22(24)18-9-5-2-6-10-18/h1-14,21-24H,15-16H2,(H,27,29)(H,28,30)/t21-,22-,23-,24-/m1/s1. The van der Waals surface area contributed by atoms with Gasteiger partial charge in [0.25, 0.3) is 0 Å². The average molecular weight is 396 g/mol. The molecule has 0 radical (unpaired) electrons. The Hall–Kier alpha value is -3.40. The van der Waals surface area contributed by atoms with Crippen LogP contribution >= 0.6 is 0 Å². The van der Waals surface area contributed by atoms with Crippen LogP contribution in [0.5, 0.6) is 0 Å². The molecule has 2 fully saturated rings. The van der Waals surface area contributed by atoms with Gasteiger partial charge in [-0.1, -0.05) is 60.7 Å². The quantitative estimate of drug-likeness (QED) is 0.604. The van der Waals surface area contributed by atoms with E-state index in [0.29, 0.717) is 11.8 Å². The lowest BCUT2D eigenvalue weighted by molar-refractivity contribution is -0.118. The molecule has 4 nitrogen and oxygen atoms in total. The van der Waals surface area contributed by atoms with Crippen LogP contribution in [-0.4, -0.2) is 11.8 Å². The molecular weight excluding hydrogens is 372 g/mol. The molecule has 30 heavy (non-hydrogen) atoms. The van der Waals surface area contributed by atoms with Crippen LogP contribution in [0.15, 0.2) is 84.9 Å². The Morgan fingerprint density at radius 3 is 1.30 bits per heavy atom. The van der Waals surface area contributed by atoms with E-state index < -0.39 is 0 Å². The van der Waals surface area contributed by atoms with Gasteiger partial charge < -0.3 is 10.6 Å². The van der Waals surface area contributed by atoms with E-state index in [4.69, 9.17) is 0 Å². The number of benzene rings is 3. The number of hydrogen-bond donors (Lipinski definition) is 2. The molecule has 4 atom stereocenters. The van der Waals surface area contributed by atoms with Crippen molar-refractivity contribution in [2.45, 2.75) is 24.7 Å². The fraction of sp³-hybridized carbons (Fsp3) is 0.231. The minimum atomic E-state index is 0.0385. The first-order valence-corrected chi connectivity index (χ1v) is 10.5. The number of hydrogen-bond acceptors (Lipinski definition) is 2. The number of rotatable bonds is 6. The van der Waals surface area contributed by atoms with Crippen molar-refractivity contribution in [3.8, 4) is 0 Å². The maximum absolute atomic E-state index is 12.5. The maximum Gasteiger partial charge on any atom is 0.228 e. The largest absolute Gasteiger partial charge is 0.326 e. The third kappa shape index (κ3) is 3.99. The van der Waals surface area contributed by atoms with Crippen LogP contribution in [0.3, 0.4) is 0 Å². The summed E-state index contributed by atoms with van der Waals surface area (Å²) in [6.07, 6.45) is 1.79. The van der Waals surface area contributed by atoms with Gasteiger partial charge in [0.05, 0.1) is 0 Å². The Bertz CT molecular complexity index is 961. The highest BCUT2D eigenvalue weighted by Crippen LogP contribution is 2.48. The van der Waals surface area contributed by atoms with E-state index in [1.165, 1.54) is 11.1 Å². The lowest BCUT2D eigenvalue weighted by atomic mass is 10.1. The number of carbonyl (C=O) groups excluding carboxylic acids is 2. The third-order valence-corrected chi connectivity index (χ3v) is 6.13. The second-order valence-corrected chi connectivity index (χ2v) is 8.27. The van der Waals surface area contributed by atoms with Crippen LogP contribution in [0.25, 0.3) is 0 Å². The molecule has 0 heterocycles. The molecule has 2 amide bonds. The minimum Gasteiger partial charge on any atom is -0.326 e. The molecular formula is C26H24N2O2. The van der Waals surface area contributed by atoms with Crippen molar-refractivity contribution in [1.82, 2.24) is 0 Å². The van der Waals surface area contributed by atoms with E-state index in [1.54, 1.807) is 0 Å². The van der Waals surface area contributed by atoms with Crippen LogP contribution in [0.4, 0.5) is 11.4 Å². The van der Waals surface area contributed by atoms with Gasteiger partial charge in [-0.25, -0.2) is 0 Å². The average Bonchev–Trinajstić information content (AvgIpc) is 3.70. The smallest absolute Gasteiger partial charge is 0.228 e.